The van der Waals surface area contributed by atoms with Crippen molar-refractivity contribution in [2.45, 2.75) is 104 Å². The summed E-state index contributed by atoms with van der Waals surface area (Å²) in [7, 11) is 0. The van der Waals surface area contributed by atoms with Gasteiger partial charge in [-0.25, -0.2) is 0 Å². The Kier molecular flexibility index (Phi) is 7.87. The Balaban J connectivity index is 1.56. The van der Waals surface area contributed by atoms with Crippen molar-refractivity contribution >= 4 is 11.9 Å². The number of hydrogen-bond acceptors (Lipinski definition) is 5. The fourth-order valence-electron chi connectivity index (χ4n) is 10.1. The first-order valence-electron chi connectivity index (χ1n) is 14.4. The van der Waals surface area contributed by atoms with E-state index in [1.165, 1.54) is 0 Å². The zero-order valence-electron chi connectivity index (χ0n) is 22.8. The summed E-state index contributed by atoms with van der Waals surface area (Å²) in [6.45, 7) is 10.4. The second kappa shape index (κ2) is 10.2. The van der Waals surface area contributed by atoms with E-state index in [1.807, 2.05) is 6.92 Å². The molecule has 0 heterocycles. The maximum Gasteiger partial charge on any atom is 0.322 e. The molecule has 4 rings (SSSR count). The minimum atomic E-state index is -1.05. The van der Waals surface area contributed by atoms with Crippen LogP contribution < -0.4 is 5.32 Å². The van der Waals surface area contributed by atoms with E-state index >= 15 is 0 Å². The van der Waals surface area contributed by atoms with Crippen LogP contribution in [0.4, 0.5) is 0 Å². The van der Waals surface area contributed by atoms with E-state index < -0.39 is 18.2 Å². The SMILES string of the molecule is CC[C@H]1[C@@H](O)C2C3CC[C@H]([C@@H](C)C[C@H](C)C(=O)NCC(=O)O)[C@@]3(C)[C@@H](O)CC2[C@@]2(C)CC[C@@H](O)C[C@@H]12. The predicted molar refractivity (Wildman–Crippen MR) is 137 cm³/mol. The van der Waals surface area contributed by atoms with Crippen LogP contribution in [0.3, 0.4) is 0 Å². The number of hydrogen-bond donors (Lipinski definition) is 5. The molecule has 4 fully saturated rings. The van der Waals surface area contributed by atoms with Crippen LogP contribution in [0.2, 0.25) is 0 Å². The van der Waals surface area contributed by atoms with E-state index in [2.05, 4.69) is 33.0 Å². The van der Waals surface area contributed by atoms with Crippen LogP contribution in [0, 0.1) is 58.2 Å². The number of fused-ring (bicyclic) bond motifs is 5. The van der Waals surface area contributed by atoms with Gasteiger partial charge in [0.1, 0.15) is 6.54 Å². The molecule has 5 N–H and O–H groups in total. The molecule has 0 saturated heterocycles. The molecule has 7 nitrogen and oxygen atoms in total. The Hall–Kier alpha value is -1.18. The number of carbonyl (C=O) groups is 2. The molecule has 206 valence electrons. The van der Waals surface area contributed by atoms with Gasteiger partial charge in [0, 0.05) is 5.92 Å². The third-order valence-corrected chi connectivity index (χ3v) is 11.8. The van der Waals surface area contributed by atoms with Crippen molar-refractivity contribution in [2.24, 2.45) is 58.2 Å². The highest BCUT2D eigenvalue weighted by atomic mass is 16.4. The molecule has 4 aliphatic rings. The lowest BCUT2D eigenvalue weighted by atomic mass is 9.41. The van der Waals surface area contributed by atoms with E-state index in [4.69, 9.17) is 5.11 Å². The second-order valence-corrected chi connectivity index (χ2v) is 13.4. The molecular formula is C29H49NO6. The van der Waals surface area contributed by atoms with Crippen LogP contribution in [0.25, 0.3) is 0 Å². The van der Waals surface area contributed by atoms with Crippen molar-refractivity contribution in [1.82, 2.24) is 5.32 Å². The number of amides is 1. The number of nitrogens with one attached hydrogen (secondary N) is 1. The first kappa shape index (κ1) is 27.8. The maximum atomic E-state index is 12.4. The smallest absolute Gasteiger partial charge is 0.322 e. The van der Waals surface area contributed by atoms with Gasteiger partial charge in [0.15, 0.2) is 0 Å². The molecule has 13 atom stereocenters. The van der Waals surface area contributed by atoms with Gasteiger partial charge in [-0.1, -0.05) is 41.0 Å². The summed E-state index contributed by atoms with van der Waals surface area (Å²) in [5.74, 6) is 0.00272. The summed E-state index contributed by atoms with van der Waals surface area (Å²) in [4.78, 5) is 23.3. The first-order chi connectivity index (χ1) is 16.9. The number of aliphatic carboxylic acids is 1. The van der Waals surface area contributed by atoms with E-state index in [9.17, 15) is 24.9 Å². The molecule has 0 aromatic carbocycles. The van der Waals surface area contributed by atoms with Crippen molar-refractivity contribution in [3.05, 3.63) is 0 Å². The van der Waals surface area contributed by atoms with Crippen molar-refractivity contribution in [2.75, 3.05) is 6.54 Å². The van der Waals surface area contributed by atoms with Gasteiger partial charge < -0.3 is 25.7 Å². The minimum absolute atomic E-state index is 0.0343. The average Bonchev–Trinajstić information content (AvgIpc) is 3.18. The maximum absolute atomic E-state index is 12.4. The molecule has 1 amide bonds. The Bertz CT molecular complexity index is 835. The van der Waals surface area contributed by atoms with Gasteiger partial charge in [-0.15, -0.1) is 0 Å². The van der Waals surface area contributed by atoms with Crippen molar-refractivity contribution in [3.8, 4) is 0 Å². The molecule has 0 radical (unpaired) electrons. The largest absolute Gasteiger partial charge is 0.480 e. The third kappa shape index (κ3) is 4.41. The zero-order chi connectivity index (χ0) is 26.6. The first-order valence-corrected chi connectivity index (χ1v) is 14.4. The lowest BCUT2D eigenvalue weighted by Gasteiger charge is -2.65. The zero-order valence-corrected chi connectivity index (χ0v) is 22.8. The van der Waals surface area contributed by atoms with Crippen LogP contribution in [-0.2, 0) is 9.59 Å². The lowest BCUT2D eigenvalue weighted by molar-refractivity contribution is -0.228. The summed E-state index contributed by atoms with van der Waals surface area (Å²) in [5.41, 5.74) is -0.277. The van der Waals surface area contributed by atoms with Gasteiger partial charge in [-0.05, 0) is 97.2 Å². The Morgan fingerprint density at radius 2 is 1.69 bits per heavy atom. The van der Waals surface area contributed by atoms with Crippen molar-refractivity contribution < 1.29 is 30.0 Å². The predicted octanol–water partition coefficient (Wildman–Crippen LogP) is 3.45. The molecule has 4 aliphatic carbocycles. The van der Waals surface area contributed by atoms with E-state index in [0.717, 1.165) is 38.5 Å². The highest BCUT2D eigenvalue weighted by Gasteiger charge is 2.67. The van der Waals surface area contributed by atoms with E-state index in [1.54, 1.807) is 0 Å². The quantitative estimate of drug-likeness (QED) is 0.359. The summed E-state index contributed by atoms with van der Waals surface area (Å²) < 4.78 is 0. The Morgan fingerprint density at radius 3 is 2.33 bits per heavy atom. The Labute approximate surface area is 216 Å². The number of carbonyl (C=O) groups excluding carboxylic acids is 1. The molecule has 0 aromatic rings. The molecule has 0 bridgehead atoms. The van der Waals surface area contributed by atoms with Crippen LogP contribution in [-0.4, -0.2) is 57.2 Å². The van der Waals surface area contributed by atoms with E-state index in [-0.39, 0.29) is 70.8 Å². The normalized spacial score (nSPS) is 47.7. The third-order valence-electron chi connectivity index (χ3n) is 11.8. The van der Waals surface area contributed by atoms with Crippen LogP contribution in [0.1, 0.15) is 86.0 Å². The highest BCUT2D eigenvalue weighted by molar-refractivity contribution is 5.82. The fourth-order valence-corrected chi connectivity index (χ4v) is 10.1. The number of rotatable bonds is 7. The lowest BCUT2D eigenvalue weighted by Crippen LogP contribution is -2.65. The van der Waals surface area contributed by atoms with Crippen LogP contribution >= 0.6 is 0 Å². The number of carboxylic acids is 1. The minimum Gasteiger partial charge on any atom is -0.480 e. The van der Waals surface area contributed by atoms with Crippen LogP contribution in [0.5, 0.6) is 0 Å². The highest BCUT2D eigenvalue weighted by Crippen LogP contribution is 2.69. The van der Waals surface area contributed by atoms with Gasteiger partial charge in [-0.3, -0.25) is 9.59 Å². The van der Waals surface area contributed by atoms with Gasteiger partial charge in [0.05, 0.1) is 18.3 Å². The topological polar surface area (TPSA) is 127 Å². The van der Waals surface area contributed by atoms with Gasteiger partial charge in [0.25, 0.3) is 0 Å². The van der Waals surface area contributed by atoms with E-state index in [0.29, 0.717) is 18.8 Å². The van der Waals surface area contributed by atoms with Gasteiger partial charge >= 0.3 is 5.97 Å². The fraction of sp³-hybridized carbons (Fsp3) is 0.931. The molecule has 4 saturated carbocycles. The molecule has 0 spiro atoms. The average molecular weight is 508 g/mol. The second-order valence-electron chi connectivity index (χ2n) is 13.4. The van der Waals surface area contributed by atoms with Crippen molar-refractivity contribution in [1.29, 1.82) is 0 Å². The van der Waals surface area contributed by atoms with Crippen LogP contribution in [0.15, 0.2) is 0 Å². The summed E-state index contributed by atoms with van der Waals surface area (Å²) in [5, 5.41) is 45.5. The standard InChI is InChI=1S/C29H49NO6/c1-6-18-21-12-17(31)9-10-28(21,4)22-13-23(32)29(5)19(7-8-20(29)25(22)26(18)35)15(2)11-16(3)27(36)30-14-24(33)34/h15-23,25-26,31-32,35H,6-14H2,1-5H3,(H,30,36)(H,33,34)/t15-,16-,17+,18+,19+,20?,21-,22?,23-,25?,26+,28-,29+/m0/s1. The molecule has 36 heavy (non-hydrogen) atoms. The molecule has 0 aromatic heterocycles. The van der Waals surface area contributed by atoms with Gasteiger partial charge in [-0.2, -0.15) is 0 Å². The van der Waals surface area contributed by atoms with Gasteiger partial charge in [0.2, 0.25) is 5.91 Å². The molecule has 7 heteroatoms. The number of carboxylic acid groups (broad SMARTS) is 1. The molecular weight excluding hydrogens is 458 g/mol. The summed E-state index contributed by atoms with van der Waals surface area (Å²) in [6.07, 6.45) is 5.61. The summed E-state index contributed by atoms with van der Waals surface area (Å²) in [6, 6.07) is 0. The number of aliphatic hydroxyl groups is 3. The molecule has 0 aliphatic heterocycles. The monoisotopic (exact) mass is 507 g/mol. The number of aliphatic hydroxyl groups excluding tert-OH is 3. The Morgan fingerprint density at radius 1 is 1.00 bits per heavy atom. The summed E-state index contributed by atoms with van der Waals surface area (Å²) >= 11 is 0. The molecule has 3 unspecified atom stereocenters. The van der Waals surface area contributed by atoms with Crippen molar-refractivity contribution in [3.63, 3.8) is 0 Å².